The Kier molecular flexibility index (Phi) is 4.88. The van der Waals surface area contributed by atoms with Gasteiger partial charge in [-0.1, -0.05) is 36.4 Å². The molecule has 2 aromatic rings. The average Bonchev–Trinajstić information content (AvgIpc) is 2.49. The first-order valence-electron chi connectivity index (χ1n) is 6.53. The second kappa shape index (κ2) is 6.64. The van der Waals surface area contributed by atoms with Crippen molar-refractivity contribution < 1.29 is 9.47 Å². The highest BCUT2D eigenvalue weighted by Gasteiger charge is 2.17. The number of benzene rings is 2. The highest BCUT2D eigenvalue weighted by Crippen LogP contribution is 2.34. The first-order valence-corrected chi connectivity index (χ1v) is 6.53. The van der Waals surface area contributed by atoms with Crippen LogP contribution in [-0.4, -0.2) is 19.8 Å². The largest absolute Gasteiger partial charge is 0.486 e. The summed E-state index contributed by atoms with van der Waals surface area (Å²) in [6, 6.07) is 16.4. The van der Waals surface area contributed by atoms with Crippen LogP contribution in [0.4, 0.5) is 0 Å². The number of ether oxygens (including phenoxy) is 2. The molecular formula is C16H18ClNO2. The van der Waals surface area contributed by atoms with E-state index in [-0.39, 0.29) is 18.3 Å². The molecule has 0 saturated carbocycles. The summed E-state index contributed by atoms with van der Waals surface area (Å²) >= 11 is 0. The third-order valence-corrected chi connectivity index (χ3v) is 3.41. The summed E-state index contributed by atoms with van der Waals surface area (Å²) in [6.07, 6.45) is 0. The second-order valence-corrected chi connectivity index (χ2v) is 4.60. The summed E-state index contributed by atoms with van der Waals surface area (Å²) in [5.41, 5.74) is 8.33. The molecule has 106 valence electrons. The monoisotopic (exact) mass is 291 g/mol. The maximum atomic E-state index is 5.94. The van der Waals surface area contributed by atoms with E-state index in [0.29, 0.717) is 19.8 Å². The maximum Gasteiger partial charge on any atom is 0.161 e. The van der Waals surface area contributed by atoms with Crippen LogP contribution < -0.4 is 15.2 Å². The second-order valence-electron chi connectivity index (χ2n) is 4.60. The van der Waals surface area contributed by atoms with E-state index in [1.165, 1.54) is 5.56 Å². The summed E-state index contributed by atoms with van der Waals surface area (Å²) in [7, 11) is 0. The van der Waals surface area contributed by atoms with Crippen molar-refractivity contribution in [1.29, 1.82) is 0 Å². The van der Waals surface area contributed by atoms with Crippen LogP contribution in [0, 0.1) is 0 Å². The first kappa shape index (κ1) is 14.7. The van der Waals surface area contributed by atoms with E-state index in [2.05, 4.69) is 18.2 Å². The Balaban J connectivity index is 0.00000147. The summed E-state index contributed by atoms with van der Waals surface area (Å²) in [5.74, 6) is 1.83. The van der Waals surface area contributed by atoms with E-state index in [0.717, 1.165) is 17.1 Å². The zero-order chi connectivity index (χ0) is 13.1. The molecule has 0 amide bonds. The molecule has 0 radical (unpaired) electrons. The third-order valence-electron chi connectivity index (χ3n) is 3.41. The summed E-state index contributed by atoms with van der Waals surface area (Å²) in [5, 5.41) is 0. The first-order chi connectivity index (χ1) is 9.38. The molecule has 1 unspecified atom stereocenters. The van der Waals surface area contributed by atoms with Gasteiger partial charge in [-0.15, -0.1) is 12.4 Å². The van der Waals surface area contributed by atoms with E-state index >= 15 is 0 Å². The van der Waals surface area contributed by atoms with E-state index in [4.69, 9.17) is 15.2 Å². The molecule has 20 heavy (non-hydrogen) atoms. The molecule has 1 heterocycles. The number of hydrogen-bond acceptors (Lipinski definition) is 3. The normalized spacial score (nSPS) is 14.2. The van der Waals surface area contributed by atoms with E-state index < -0.39 is 0 Å². The lowest BCUT2D eigenvalue weighted by molar-refractivity contribution is 0.171. The lowest BCUT2D eigenvalue weighted by Crippen LogP contribution is -2.17. The molecule has 1 aliphatic heterocycles. The molecule has 0 aliphatic carbocycles. The number of fused-ring (bicyclic) bond motifs is 1. The van der Waals surface area contributed by atoms with Gasteiger partial charge >= 0.3 is 0 Å². The van der Waals surface area contributed by atoms with Gasteiger partial charge in [-0.25, -0.2) is 0 Å². The fourth-order valence-electron chi connectivity index (χ4n) is 2.43. The van der Waals surface area contributed by atoms with Gasteiger partial charge in [0.1, 0.15) is 13.2 Å². The SMILES string of the molecule is Cl.NCC(c1ccccc1)c1ccc2c(c1)OCCO2. The lowest BCUT2D eigenvalue weighted by Gasteiger charge is -2.21. The minimum absolute atomic E-state index is 0. The quantitative estimate of drug-likeness (QED) is 0.945. The van der Waals surface area contributed by atoms with E-state index in [1.807, 2.05) is 30.3 Å². The lowest BCUT2D eigenvalue weighted by atomic mass is 9.91. The fraction of sp³-hybridized carbons (Fsp3) is 0.250. The Morgan fingerprint density at radius 2 is 1.60 bits per heavy atom. The average molecular weight is 292 g/mol. The van der Waals surface area contributed by atoms with Crippen molar-refractivity contribution in [3.63, 3.8) is 0 Å². The minimum atomic E-state index is 0. The molecule has 0 spiro atoms. The summed E-state index contributed by atoms with van der Waals surface area (Å²) < 4.78 is 11.2. The van der Waals surface area contributed by atoms with Crippen LogP contribution in [0.25, 0.3) is 0 Å². The van der Waals surface area contributed by atoms with Gasteiger partial charge in [-0.05, 0) is 23.3 Å². The molecule has 2 N–H and O–H groups in total. The Morgan fingerprint density at radius 3 is 2.30 bits per heavy atom. The zero-order valence-corrected chi connectivity index (χ0v) is 11.9. The smallest absolute Gasteiger partial charge is 0.161 e. The molecule has 1 aliphatic rings. The fourth-order valence-corrected chi connectivity index (χ4v) is 2.43. The Bertz CT molecular complexity index is 560. The van der Waals surface area contributed by atoms with Gasteiger partial charge in [0, 0.05) is 12.5 Å². The number of halogens is 1. The molecule has 3 nitrogen and oxygen atoms in total. The topological polar surface area (TPSA) is 44.5 Å². The van der Waals surface area contributed by atoms with Crippen LogP contribution in [0.3, 0.4) is 0 Å². The minimum Gasteiger partial charge on any atom is -0.486 e. The molecule has 4 heteroatoms. The molecule has 2 aromatic carbocycles. The van der Waals surface area contributed by atoms with Crippen molar-refractivity contribution in [2.24, 2.45) is 5.73 Å². The predicted molar refractivity (Wildman–Crippen MR) is 82.0 cm³/mol. The van der Waals surface area contributed by atoms with Crippen LogP contribution in [0.1, 0.15) is 17.0 Å². The van der Waals surface area contributed by atoms with Gasteiger partial charge < -0.3 is 15.2 Å². The van der Waals surface area contributed by atoms with Crippen LogP contribution in [-0.2, 0) is 0 Å². The Labute approximate surface area is 125 Å². The van der Waals surface area contributed by atoms with Gasteiger partial charge in [0.25, 0.3) is 0 Å². The zero-order valence-electron chi connectivity index (χ0n) is 11.1. The maximum absolute atomic E-state index is 5.94. The van der Waals surface area contributed by atoms with E-state index in [9.17, 15) is 0 Å². The molecule has 0 aromatic heterocycles. The molecule has 0 fully saturated rings. The van der Waals surface area contributed by atoms with Gasteiger partial charge in [-0.3, -0.25) is 0 Å². The number of nitrogens with two attached hydrogens (primary N) is 1. The summed E-state index contributed by atoms with van der Waals surface area (Å²) in [6.45, 7) is 1.80. The van der Waals surface area contributed by atoms with Gasteiger partial charge in [0.2, 0.25) is 0 Å². The molecule has 0 saturated heterocycles. The van der Waals surface area contributed by atoms with Crippen molar-refractivity contribution in [2.75, 3.05) is 19.8 Å². The Morgan fingerprint density at radius 1 is 0.900 bits per heavy atom. The van der Waals surface area contributed by atoms with Crippen LogP contribution in [0.5, 0.6) is 11.5 Å². The molecular weight excluding hydrogens is 274 g/mol. The third kappa shape index (κ3) is 2.89. The molecule has 1 atom stereocenters. The number of rotatable bonds is 3. The van der Waals surface area contributed by atoms with Crippen molar-refractivity contribution >= 4 is 12.4 Å². The van der Waals surface area contributed by atoms with Crippen molar-refractivity contribution in [1.82, 2.24) is 0 Å². The van der Waals surface area contributed by atoms with Crippen molar-refractivity contribution in [3.8, 4) is 11.5 Å². The van der Waals surface area contributed by atoms with Gasteiger partial charge in [-0.2, -0.15) is 0 Å². The van der Waals surface area contributed by atoms with Crippen LogP contribution >= 0.6 is 12.4 Å². The highest BCUT2D eigenvalue weighted by molar-refractivity contribution is 5.85. The predicted octanol–water partition coefficient (Wildman–Crippen LogP) is 2.97. The van der Waals surface area contributed by atoms with Crippen LogP contribution in [0.2, 0.25) is 0 Å². The van der Waals surface area contributed by atoms with E-state index in [1.54, 1.807) is 0 Å². The molecule has 0 bridgehead atoms. The van der Waals surface area contributed by atoms with Crippen molar-refractivity contribution in [3.05, 3.63) is 59.7 Å². The van der Waals surface area contributed by atoms with Crippen LogP contribution in [0.15, 0.2) is 48.5 Å². The number of hydrogen-bond donors (Lipinski definition) is 1. The Hall–Kier alpha value is -1.71. The standard InChI is InChI=1S/C16H17NO2.ClH/c17-11-14(12-4-2-1-3-5-12)13-6-7-15-16(10-13)19-9-8-18-15;/h1-7,10,14H,8-9,11,17H2;1H. The molecule has 3 rings (SSSR count). The summed E-state index contributed by atoms with van der Waals surface area (Å²) in [4.78, 5) is 0. The van der Waals surface area contributed by atoms with Crippen molar-refractivity contribution in [2.45, 2.75) is 5.92 Å². The highest BCUT2D eigenvalue weighted by atomic mass is 35.5. The van der Waals surface area contributed by atoms with Gasteiger partial charge in [0.15, 0.2) is 11.5 Å². The van der Waals surface area contributed by atoms with Gasteiger partial charge in [0.05, 0.1) is 0 Å².